The van der Waals surface area contributed by atoms with E-state index in [1.165, 1.54) is 10.8 Å². The van der Waals surface area contributed by atoms with E-state index in [4.69, 9.17) is 9.40 Å². The van der Waals surface area contributed by atoms with Crippen LogP contribution in [0.25, 0.3) is 83.6 Å². The third-order valence-corrected chi connectivity index (χ3v) is 12.2. The van der Waals surface area contributed by atoms with Crippen LogP contribution < -0.4 is 5.19 Å². The number of hydrogen-bond donors (Lipinski definition) is 0. The van der Waals surface area contributed by atoms with E-state index in [9.17, 15) is 0 Å². The number of furan rings is 1. The quantitative estimate of drug-likeness (QED) is 0.123. The average Bonchev–Trinajstić information content (AvgIpc) is 3.83. The van der Waals surface area contributed by atoms with Crippen molar-refractivity contribution in [3.05, 3.63) is 194 Å². The number of benzene rings is 7. The normalized spacial score (nSPS) is 11.3. The van der Waals surface area contributed by atoms with Crippen LogP contribution in [-0.2, 0) is 20.1 Å². The van der Waals surface area contributed by atoms with E-state index in [2.05, 4.69) is 157 Å². The molecule has 57 heavy (non-hydrogen) atoms. The Bertz CT molecular complexity index is 2930. The Hall–Kier alpha value is -6.17. The summed E-state index contributed by atoms with van der Waals surface area (Å²) in [6, 6.07) is 67.2. The minimum Gasteiger partial charge on any atom is -0.501 e. The van der Waals surface area contributed by atoms with E-state index in [1.54, 1.807) is 0 Å². The second-order valence-corrected chi connectivity index (χ2v) is 20.0. The van der Waals surface area contributed by atoms with Gasteiger partial charge in [0.2, 0.25) is 0 Å². The third kappa shape index (κ3) is 7.55. The number of aromatic nitrogens is 3. The van der Waals surface area contributed by atoms with Gasteiger partial charge in [0.15, 0.2) is 0 Å². The van der Waals surface area contributed by atoms with Gasteiger partial charge in [-0.1, -0.05) is 146 Å². The molecule has 3 heterocycles. The predicted octanol–water partition coefficient (Wildman–Crippen LogP) is 12.8. The molecule has 0 saturated carbocycles. The first-order valence-electron chi connectivity index (χ1n) is 18.9. The minimum absolute atomic E-state index is 0. The van der Waals surface area contributed by atoms with Crippen molar-refractivity contribution in [2.75, 3.05) is 0 Å². The maximum Gasteiger partial charge on any atom is 0.120 e. The van der Waals surface area contributed by atoms with E-state index < -0.39 is 8.07 Å². The summed E-state index contributed by atoms with van der Waals surface area (Å²) in [7, 11) is -1.23. The van der Waals surface area contributed by atoms with Crippen molar-refractivity contribution in [2.24, 2.45) is 0 Å². The first kappa shape index (κ1) is 37.7. The van der Waals surface area contributed by atoms with Crippen LogP contribution in [0.5, 0.6) is 0 Å². The van der Waals surface area contributed by atoms with Crippen molar-refractivity contribution >= 4 is 46.2 Å². The number of imidazole rings is 1. The largest absolute Gasteiger partial charge is 0.501 e. The second-order valence-electron chi connectivity index (χ2n) is 14.9. The van der Waals surface area contributed by atoms with Crippen molar-refractivity contribution in [1.82, 2.24) is 14.5 Å². The fourth-order valence-electron chi connectivity index (χ4n) is 7.23. The van der Waals surface area contributed by atoms with Crippen LogP contribution in [0.3, 0.4) is 0 Å². The molecule has 4 nitrogen and oxygen atoms in total. The molecule has 0 spiro atoms. The molecule has 10 aromatic rings. The molecule has 0 amide bonds. The van der Waals surface area contributed by atoms with E-state index in [0.29, 0.717) is 0 Å². The van der Waals surface area contributed by atoms with Gasteiger partial charge in [-0.05, 0) is 51.8 Å². The molecule has 0 fully saturated rings. The molecule has 7 aromatic carbocycles. The number of hydrogen-bond acceptors (Lipinski definition) is 3. The number of para-hydroxylation sites is 3. The maximum absolute atomic E-state index is 6.45. The molecule has 0 bridgehead atoms. The molecule has 10 rings (SSSR count). The third-order valence-electron chi connectivity index (χ3n) is 10.2. The Labute approximate surface area is 347 Å². The number of pyridine rings is 1. The summed E-state index contributed by atoms with van der Waals surface area (Å²) in [5.41, 5.74) is 12.1. The molecule has 279 valence electrons. The predicted molar refractivity (Wildman–Crippen MR) is 235 cm³/mol. The van der Waals surface area contributed by atoms with Crippen LogP contribution in [-0.4, -0.2) is 22.6 Å². The zero-order valence-corrected chi connectivity index (χ0v) is 35.3. The number of nitrogens with zero attached hydrogens (tertiary/aromatic N) is 3. The molecular formula is C51H39IrN3OSi-2. The Morgan fingerprint density at radius 2 is 1.32 bits per heavy atom. The topological polar surface area (TPSA) is 43.9 Å². The minimum atomic E-state index is -1.23. The summed E-state index contributed by atoms with van der Waals surface area (Å²) >= 11 is 0. The molecule has 0 saturated heterocycles. The van der Waals surface area contributed by atoms with Gasteiger partial charge < -0.3 is 14.0 Å². The first-order valence-corrected chi connectivity index (χ1v) is 22.4. The second kappa shape index (κ2) is 16.1. The van der Waals surface area contributed by atoms with Crippen LogP contribution in [0, 0.1) is 12.1 Å². The van der Waals surface area contributed by atoms with Crippen molar-refractivity contribution in [3.63, 3.8) is 0 Å². The Morgan fingerprint density at radius 3 is 2.05 bits per heavy atom. The fraction of sp³-hybridized carbons (Fsp3) is 0.0588. The van der Waals surface area contributed by atoms with Gasteiger partial charge in [0.1, 0.15) is 5.58 Å². The maximum atomic E-state index is 6.45. The van der Waals surface area contributed by atoms with Gasteiger partial charge >= 0.3 is 0 Å². The smallest absolute Gasteiger partial charge is 0.120 e. The molecule has 6 heteroatoms. The zero-order valence-electron chi connectivity index (χ0n) is 31.9. The van der Waals surface area contributed by atoms with Gasteiger partial charge in [0, 0.05) is 42.9 Å². The molecule has 0 atom stereocenters. The average molecular weight is 930 g/mol. The van der Waals surface area contributed by atoms with Gasteiger partial charge in [0.05, 0.1) is 30.5 Å². The summed E-state index contributed by atoms with van der Waals surface area (Å²) in [6.45, 7) is 7.00. The first-order chi connectivity index (χ1) is 27.4. The molecule has 1 radical (unpaired) electrons. The Balaban J connectivity index is 0.000000226. The van der Waals surface area contributed by atoms with E-state index >= 15 is 0 Å². The molecule has 0 unspecified atom stereocenters. The Kier molecular flexibility index (Phi) is 10.7. The van der Waals surface area contributed by atoms with Crippen molar-refractivity contribution in [3.8, 4) is 50.6 Å². The molecule has 0 aliphatic heterocycles. The fourth-order valence-corrected chi connectivity index (χ4v) is 8.27. The van der Waals surface area contributed by atoms with Crippen LogP contribution in [0.4, 0.5) is 0 Å². The SMILES string of the molecule is C[Si](C)(C)c1ccc(-c2[c-]cccc2)nc1.[Ir].[c-]1ccc2c(oc3ccccc32)c1-c1nc2ccccc2n1-c1cc(-c2ccccc2)ccc1-c1ccccc1. The summed E-state index contributed by atoms with van der Waals surface area (Å²) < 4.78 is 8.71. The monoisotopic (exact) mass is 930 g/mol. The van der Waals surface area contributed by atoms with E-state index in [-0.39, 0.29) is 20.1 Å². The number of fused-ring (bicyclic) bond motifs is 4. The summed E-state index contributed by atoms with van der Waals surface area (Å²) in [5, 5.41) is 3.54. The summed E-state index contributed by atoms with van der Waals surface area (Å²) in [4.78, 5) is 9.71. The van der Waals surface area contributed by atoms with Gasteiger partial charge in [0.25, 0.3) is 0 Å². The van der Waals surface area contributed by atoms with Gasteiger partial charge in [-0.15, -0.1) is 54.1 Å². The van der Waals surface area contributed by atoms with Crippen LogP contribution in [0.15, 0.2) is 187 Å². The molecule has 0 aliphatic rings. The van der Waals surface area contributed by atoms with Gasteiger partial charge in [-0.25, -0.2) is 0 Å². The van der Waals surface area contributed by atoms with Crippen molar-refractivity contribution in [1.29, 1.82) is 0 Å². The molecule has 0 N–H and O–H groups in total. The van der Waals surface area contributed by atoms with E-state index in [1.807, 2.05) is 66.9 Å². The Morgan fingerprint density at radius 1 is 0.596 bits per heavy atom. The van der Waals surface area contributed by atoms with Gasteiger partial charge in [-0.2, -0.15) is 0 Å². The van der Waals surface area contributed by atoms with Crippen molar-refractivity contribution < 1.29 is 24.5 Å². The zero-order chi connectivity index (χ0) is 38.1. The van der Waals surface area contributed by atoms with Crippen LogP contribution in [0.1, 0.15) is 0 Å². The molecular weight excluding hydrogens is 891 g/mol. The number of rotatable bonds is 6. The van der Waals surface area contributed by atoms with Crippen LogP contribution in [0.2, 0.25) is 19.6 Å². The molecule has 0 aliphatic carbocycles. The van der Waals surface area contributed by atoms with E-state index in [0.717, 1.165) is 78.0 Å². The summed E-state index contributed by atoms with van der Waals surface area (Å²) in [5.74, 6) is 0.799. The van der Waals surface area contributed by atoms with Gasteiger partial charge in [-0.3, -0.25) is 4.98 Å². The molecule has 3 aromatic heterocycles. The van der Waals surface area contributed by atoms with Crippen LogP contribution >= 0.6 is 0 Å². The van der Waals surface area contributed by atoms with Crippen molar-refractivity contribution in [2.45, 2.75) is 19.6 Å². The standard InChI is InChI=1S/C37H23N2O.C14H16NSi.Ir/c1-3-12-25(13-4-1)27-22-23-28(26-14-5-2-6-15-26)34(24-27)39-33-20-9-8-19-32(33)38-37(39)31-18-11-17-30-29-16-7-10-21-35(29)40-36(30)31;1-16(2,3)13-9-10-14(15-11-13)12-7-5-4-6-8-12;/h1-17,19-24H;4-7,9-11H,1-3H3;/q2*-1;. The summed E-state index contributed by atoms with van der Waals surface area (Å²) in [6.07, 6.45) is 2.02.